The zero-order chi connectivity index (χ0) is 7.03. The molecule has 1 aliphatic carbocycles. The van der Waals surface area contributed by atoms with Crippen molar-refractivity contribution in [2.24, 2.45) is 4.99 Å². The molecule has 1 saturated carbocycles. The second-order valence-electron chi connectivity index (χ2n) is 2.88. The standard InChI is InChI=1S/C7H9NO2/c9-6-7(8-5-10-6)3-1-2-4-7/h5H,1-4H2. The number of hydrogen-bond acceptors (Lipinski definition) is 3. The van der Waals surface area contributed by atoms with Crippen LogP contribution in [0.1, 0.15) is 25.7 Å². The maximum absolute atomic E-state index is 11.1. The van der Waals surface area contributed by atoms with Gasteiger partial charge < -0.3 is 4.74 Å². The molecule has 1 spiro atoms. The summed E-state index contributed by atoms with van der Waals surface area (Å²) in [6, 6.07) is 0. The Balaban J connectivity index is 2.27. The molecule has 1 fully saturated rings. The first kappa shape index (κ1) is 5.89. The van der Waals surface area contributed by atoms with Crippen molar-refractivity contribution in [3.63, 3.8) is 0 Å². The Labute approximate surface area is 59.1 Å². The minimum atomic E-state index is -0.444. The van der Waals surface area contributed by atoms with Gasteiger partial charge in [0.1, 0.15) is 0 Å². The van der Waals surface area contributed by atoms with Crippen LogP contribution in [-0.4, -0.2) is 17.9 Å². The second-order valence-corrected chi connectivity index (χ2v) is 2.88. The van der Waals surface area contributed by atoms with E-state index in [9.17, 15) is 4.79 Å². The van der Waals surface area contributed by atoms with Gasteiger partial charge in [-0.25, -0.2) is 9.79 Å². The number of nitrogens with zero attached hydrogens (tertiary/aromatic N) is 1. The molecule has 1 heterocycles. The highest BCUT2D eigenvalue weighted by Crippen LogP contribution is 2.36. The van der Waals surface area contributed by atoms with Gasteiger partial charge in [0.25, 0.3) is 0 Å². The van der Waals surface area contributed by atoms with E-state index in [-0.39, 0.29) is 5.97 Å². The molecule has 3 heteroatoms. The Morgan fingerprint density at radius 2 is 2.20 bits per heavy atom. The molecule has 0 aromatic carbocycles. The van der Waals surface area contributed by atoms with Gasteiger partial charge in [0.05, 0.1) is 0 Å². The maximum atomic E-state index is 11.1. The molecule has 0 amide bonds. The van der Waals surface area contributed by atoms with Crippen LogP contribution in [0.25, 0.3) is 0 Å². The molecular weight excluding hydrogens is 130 g/mol. The van der Waals surface area contributed by atoms with Gasteiger partial charge in [0.2, 0.25) is 0 Å². The van der Waals surface area contributed by atoms with Crippen molar-refractivity contribution in [1.29, 1.82) is 0 Å². The van der Waals surface area contributed by atoms with Gasteiger partial charge >= 0.3 is 5.97 Å². The summed E-state index contributed by atoms with van der Waals surface area (Å²) in [5.41, 5.74) is -0.444. The Morgan fingerprint density at radius 1 is 1.50 bits per heavy atom. The quantitative estimate of drug-likeness (QED) is 0.467. The minimum Gasteiger partial charge on any atom is -0.413 e. The lowest BCUT2D eigenvalue weighted by Crippen LogP contribution is -2.29. The molecule has 0 N–H and O–H groups in total. The Bertz CT molecular complexity index is 192. The molecule has 0 atom stereocenters. The lowest BCUT2D eigenvalue weighted by molar-refractivity contribution is -0.138. The molecule has 1 aliphatic heterocycles. The molecule has 0 unspecified atom stereocenters. The Morgan fingerprint density at radius 3 is 2.70 bits per heavy atom. The summed E-state index contributed by atoms with van der Waals surface area (Å²) in [6.07, 6.45) is 5.25. The molecule has 0 aromatic heterocycles. The lowest BCUT2D eigenvalue weighted by atomic mass is 10.0. The fourth-order valence-corrected chi connectivity index (χ4v) is 1.63. The third-order valence-electron chi connectivity index (χ3n) is 2.27. The van der Waals surface area contributed by atoms with Gasteiger partial charge in [-0.15, -0.1) is 0 Å². The predicted octanol–water partition coefficient (Wildman–Crippen LogP) is 0.884. The van der Waals surface area contributed by atoms with Crippen molar-refractivity contribution < 1.29 is 9.53 Å². The molecule has 2 aliphatic rings. The number of carbonyl (C=O) groups is 1. The summed E-state index contributed by atoms with van der Waals surface area (Å²) in [4.78, 5) is 15.1. The van der Waals surface area contributed by atoms with Crippen molar-refractivity contribution in [2.45, 2.75) is 31.2 Å². The van der Waals surface area contributed by atoms with Crippen LogP contribution in [0.3, 0.4) is 0 Å². The maximum Gasteiger partial charge on any atom is 0.340 e. The Hall–Kier alpha value is -0.860. The average Bonchev–Trinajstić information content (AvgIpc) is 2.48. The summed E-state index contributed by atoms with van der Waals surface area (Å²) in [7, 11) is 0. The lowest BCUT2D eigenvalue weighted by Gasteiger charge is -2.12. The van der Waals surface area contributed by atoms with Crippen LogP contribution in [0.5, 0.6) is 0 Å². The van der Waals surface area contributed by atoms with Gasteiger partial charge in [0.15, 0.2) is 11.9 Å². The summed E-state index contributed by atoms with van der Waals surface area (Å²) in [5, 5.41) is 0. The zero-order valence-electron chi connectivity index (χ0n) is 5.67. The molecule has 0 saturated heterocycles. The SMILES string of the molecule is O=C1OC=NC12CCCC2. The van der Waals surface area contributed by atoms with E-state index < -0.39 is 5.54 Å². The largest absolute Gasteiger partial charge is 0.413 e. The van der Waals surface area contributed by atoms with Crippen LogP contribution in [0.2, 0.25) is 0 Å². The van der Waals surface area contributed by atoms with Crippen LogP contribution in [0.4, 0.5) is 0 Å². The highest BCUT2D eigenvalue weighted by Gasteiger charge is 2.44. The molecule has 54 valence electrons. The first-order chi connectivity index (χ1) is 4.83. The number of hydrogen-bond donors (Lipinski definition) is 0. The van der Waals surface area contributed by atoms with E-state index >= 15 is 0 Å². The number of carbonyl (C=O) groups excluding carboxylic acids is 1. The van der Waals surface area contributed by atoms with Crippen LogP contribution in [0, 0.1) is 0 Å². The number of ether oxygens (including phenoxy) is 1. The topological polar surface area (TPSA) is 38.7 Å². The molecular formula is C7H9NO2. The third kappa shape index (κ3) is 0.602. The van der Waals surface area contributed by atoms with Crippen molar-refractivity contribution in [3.8, 4) is 0 Å². The fourth-order valence-electron chi connectivity index (χ4n) is 1.63. The Kier molecular flexibility index (Phi) is 1.07. The summed E-state index contributed by atoms with van der Waals surface area (Å²) in [5.74, 6) is -0.148. The smallest absolute Gasteiger partial charge is 0.340 e. The second kappa shape index (κ2) is 1.81. The van der Waals surface area contributed by atoms with Crippen LogP contribution >= 0.6 is 0 Å². The molecule has 3 nitrogen and oxygen atoms in total. The summed E-state index contributed by atoms with van der Waals surface area (Å²) in [6.45, 7) is 0. The van der Waals surface area contributed by atoms with E-state index in [0.717, 1.165) is 25.7 Å². The highest BCUT2D eigenvalue weighted by atomic mass is 16.5. The van der Waals surface area contributed by atoms with Crippen LogP contribution < -0.4 is 0 Å². The number of rotatable bonds is 0. The van der Waals surface area contributed by atoms with Crippen LogP contribution in [0.15, 0.2) is 4.99 Å². The fraction of sp³-hybridized carbons (Fsp3) is 0.714. The van der Waals surface area contributed by atoms with E-state index in [0.29, 0.717) is 0 Å². The van der Waals surface area contributed by atoms with Crippen LogP contribution in [-0.2, 0) is 9.53 Å². The van der Waals surface area contributed by atoms with E-state index in [4.69, 9.17) is 0 Å². The highest BCUT2D eigenvalue weighted by molar-refractivity contribution is 5.92. The van der Waals surface area contributed by atoms with Gasteiger partial charge in [-0.05, 0) is 12.8 Å². The molecule has 0 bridgehead atoms. The van der Waals surface area contributed by atoms with Crippen molar-refractivity contribution >= 4 is 12.4 Å². The van der Waals surface area contributed by atoms with E-state index in [1.165, 1.54) is 6.40 Å². The number of esters is 1. The van der Waals surface area contributed by atoms with Gasteiger partial charge in [-0.1, -0.05) is 12.8 Å². The zero-order valence-corrected chi connectivity index (χ0v) is 5.67. The molecule has 0 radical (unpaired) electrons. The molecule has 10 heavy (non-hydrogen) atoms. The first-order valence-electron chi connectivity index (χ1n) is 3.58. The normalized spacial score (nSPS) is 27.8. The van der Waals surface area contributed by atoms with E-state index in [1.807, 2.05) is 0 Å². The van der Waals surface area contributed by atoms with E-state index in [2.05, 4.69) is 9.73 Å². The average molecular weight is 139 g/mol. The van der Waals surface area contributed by atoms with Crippen molar-refractivity contribution in [1.82, 2.24) is 0 Å². The summed E-state index contributed by atoms with van der Waals surface area (Å²) < 4.78 is 4.66. The monoisotopic (exact) mass is 139 g/mol. The van der Waals surface area contributed by atoms with E-state index in [1.54, 1.807) is 0 Å². The van der Waals surface area contributed by atoms with Gasteiger partial charge in [-0.2, -0.15) is 0 Å². The summed E-state index contributed by atoms with van der Waals surface area (Å²) >= 11 is 0. The third-order valence-corrected chi connectivity index (χ3v) is 2.27. The van der Waals surface area contributed by atoms with Crippen molar-refractivity contribution in [3.05, 3.63) is 0 Å². The molecule has 2 rings (SSSR count). The first-order valence-corrected chi connectivity index (χ1v) is 3.58. The number of aliphatic imine (C=N–C) groups is 1. The van der Waals surface area contributed by atoms with Gasteiger partial charge in [0, 0.05) is 0 Å². The predicted molar refractivity (Wildman–Crippen MR) is 35.8 cm³/mol. The number of cyclic esters (lactones) is 1. The molecule has 0 aromatic rings. The van der Waals surface area contributed by atoms with Crippen molar-refractivity contribution in [2.75, 3.05) is 0 Å². The van der Waals surface area contributed by atoms with Gasteiger partial charge in [-0.3, -0.25) is 0 Å². The minimum absolute atomic E-state index is 0.148.